The van der Waals surface area contributed by atoms with E-state index in [1.807, 2.05) is 42.2 Å². The number of likely N-dealkylation sites (tertiary alicyclic amines) is 1. The number of nitrogens with one attached hydrogen (secondary N) is 1. The van der Waals surface area contributed by atoms with Gasteiger partial charge in [0, 0.05) is 19.6 Å². The van der Waals surface area contributed by atoms with Crippen LogP contribution >= 0.6 is 0 Å². The maximum absolute atomic E-state index is 12.9. The second kappa shape index (κ2) is 6.71. The molecule has 1 N–H and O–H groups in total. The summed E-state index contributed by atoms with van der Waals surface area (Å²) in [6.07, 6.45) is 2.29. The highest BCUT2D eigenvalue weighted by atomic mass is 16.5. The van der Waals surface area contributed by atoms with Crippen LogP contribution in [0.4, 0.5) is 0 Å². The Kier molecular flexibility index (Phi) is 4.28. The molecule has 0 radical (unpaired) electrons. The van der Waals surface area contributed by atoms with Crippen molar-refractivity contribution >= 4 is 11.8 Å². The molecule has 2 heterocycles. The summed E-state index contributed by atoms with van der Waals surface area (Å²) >= 11 is 0. The Balaban J connectivity index is 1.71. The van der Waals surface area contributed by atoms with Crippen LogP contribution in [0.1, 0.15) is 37.7 Å². The number of ether oxygens (including phenoxy) is 1. The van der Waals surface area contributed by atoms with Crippen molar-refractivity contribution in [1.29, 1.82) is 0 Å². The van der Waals surface area contributed by atoms with Crippen molar-refractivity contribution < 1.29 is 15.7 Å². The Bertz CT molecular complexity index is 610. The average molecular weight is 317 g/mol. The van der Waals surface area contributed by atoms with E-state index in [4.69, 9.17) is 6.15 Å². The number of hydrogen-bond donors (Lipinski definition) is 1. The van der Waals surface area contributed by atoms with Gasteiger partial charge in [-0.3, -0.25) is 9.59 Å². The third kappa shape index (κ3) is 3.55. The number of carbonyl (C=O) groups is 2. The number of benzene rings is 1. The molecular formula is C18H24N2O3. The normalized spacial score (nSPS) is 27.5. The molecule has 0 bridgehead atoms. The van der Waals surface area contributed by atoms with E-state index in [2.05, 4.69) is 0 Å². The highest BCUT2D eigenvalue weighted by molar-refractivity contribution is 5.83. The van der Waals surface area contributed by atoms with Gasteiger partial charge < -0.3 is 14.9 Å². The van der Waals surface area contributed by atoms with Gasteiger partial charge in [0.05, 0.1) is 11.5 Å². The molecule has 2 atom stereocenters. The van der Waals surface area contributed by atoms with Crippen molar-refractivity contribution in [1.82, 2.24) is 10.2 Å². The second-order valence-electron chi connectivity index (χ2n) is 6.49. The molecule has 2 fully saturated rings. The molecule has 5 nitrogen and oxygen atoms in total. The molecule has 2 amide bonds. The van der Waals surface area contributed by atoms with E-state index in [1.54, 1.807) is 0 Å². The summed E-state index contributed by atoms with van der Waals surface area (Å²) in [6.45, 7) is 3.45. The van der Waals surface area contributed by atoms with Gasteiger partial charge in [-0.1, -0.05) is 30.3 Å². The summed E-state index contributed by atoms with van der Waals surface area (Å²) in [5.74, 6) is -0.406. The van der Waals surface area contributed by atoms with E-state index in [-0.39, 0.29) is 24.3 Å². The van der Waals surface area contributed by atoms with Gasteiger partial charge in [0.25, 0.3) is 0 Å². The van der Waals surface area contributed by atoms with Crippen molar-refractivity contribution in [3.63, 3.8) is 0 Å². The van der Waals surface area contributed by atoms with Crippen LogP contribution in [-0.4, -0.2) is 48.6 Å². The van der Waals surface area contributed by atoms with Crippen LogP contribution in [0.5, 0.6) is 0 Å². The summed E-state index contributed by atoms with van der Waals surface area (Å²) in [5, 5.41) is 0.974. The Morgan fingerprint density at radius 3 is 2.96 bits per heavy atom. The molecule has 2 aliphatic rings. The molecule has 1 aromatic carbocycles. The van der Waals surface area contributed by atoms with Crippen molar-refractivity contribution in [3.05, 3.63) is 35.9 Å². The summed E-state index contributed by atoms with van der Waals surface area (Å²) in [6, 6.07) is 9.78. The highest BCUT2D eigenvalue weighted by Crippen LogP contribution is 2.31. The Morgan fingerprint density at radius 2 is 2.17 bits per heavy atom. The molecule has 2 saturated heterocycles. The fourth-order valence-corrected chi connectivity index (χ4v) is 3.48. The minimum Gasteiger partial charge on any atom is -0.363 e. The molecule has 0 saturated carbocycles. The summed E-state index contributed by atoms with van der Waals surface area (Å²) in [7, 11) is 0. The zero-order valence-corrected chi connectivity index (χ0v) is 13.5. The van der Waals surface area contributed by atoms with E-state index in [0.717, 1.165) is 30.3 Å². The Hall–Kier alpha value is -1.88. The zero-order chi connectivity index (χ0) is 17.2. The average Bonchev–Trinajstić information content (AvgIpc) is 2.76. The van der Waals surface area contributed by atoms with E-state index in [1.165, 1.54) is 0 Å². The quantitative estimate of drug-likeness (QED) is 0.903. The number of piperidine rings is 1. The predicted octanol–water partition coefficient (Wildman–Crippen LogP) is 1.69. The van der Waals surface area contributed by atoms with Crippen LogP contribution < -0.4 is 5.31 Å². The van der Waals surface area contributed by atoms with Crippen molar-refractivity contribution in [2.24, 2.45) is 0 Å². The molecule has 0 aromatic heterocycles. The zero-order valence-electron chi connectivity index (χ0n) is 14.5. The minimum atomic E-state index is -0.490. The highest BCUT2D eigenvalue weighted by Gasteiger charge is 2.40. The van der Waals surface area contributed by atoms with Gasteiger partial charge in [-0.15, -0.1) is 0 Å². The Morgan fingerprint density at radius 1 is 1.39 bits per heavy atom. The maximum atomic E-state index is 12.9. The molecule has 23 heavy (non-hydrogen) atoms. The van der Waals surface area contributed by atoms with Gasteiger partial charge in [-0.05, 0) is 31.7 Å². The summed E-state index contributed by atoms with van der Waals surface area (Å²) < 4.78 is 13.5. The van der Waals surface area contributed by atoms with Crippen molar-refractivity contribution in [2.75, 3.05) is 26.2 Å². The largest absolute Gasteiger partial charge is 0.363 e. The molecule has 2 aliphatic heterocycles. The van der Waals surface area contributed by atoms with Crippen molar-refractivity contribution in [3.8, 4) is 0 Å². The third-order valence-electron chi connectivity index (χ3n) is 4.88. The van der Waals surface area contributed by atoms with Gasteiger partial charge in [0.15, 0.2) is 1.41 Å². The molecule has 0 aliphatic carbocycles. The van der Waals surface area contributed by atoms with E-state index in [9.17, 15) is 9.59 Å². The van der Waals surface area contributed by atoms with Gasteiger partial charge in [0.1, 0.15) is 6.61 Å². The van der Waals surface area contributed by atoms with E-state index < -0.39 is 5.60 Å². The van der Waals surface area contributed by atoms with Crippen LogP contribution in [0.3, 0.4) is 0 Å². The first-order valence-corrected chi connectivity index (χ1v) is 8.28. The van der Waals surface area contributed by atoms with E-state index in [0.29, 0.717) is 19.5 Å². The Labute approximate surface area is 138 Å². The SMILES string of the molecule is [2H]N1CC[C@]2(CCCN(C(=O)[C@@H](C)c3ccccc3)C2)OCC1=O. The first-order valence-electron chi connectivity index (χ1n) is 8.72. The van der Waals surface area contributed by atoms with Gasteiger partial charge in [-0.2, -0.15) is 0 Å². The molecule has 124 valence electrons. The van der Waals surface area contributed by atoms with Crippen LogP contribution in [0, 0.1) is 0 Å². The third-order valence-corrected chi connectivity index (χ3v) is 4.88. The van der Waals surface area contributed by atoms with Gasteiger partial charge >= 0.3 is 0 Å². The van der Waals surface area contributed by atoms with Crippen LogP contribution in [-0.2, 0) is 14.3 Å². The smallest absolute Gasteiger partial charge is 0.246 e. The lowest BCUT2D eigenvalue weighted by molar-refractivity contribution is -0.146. The lowest BCUT2D eigenvalue weighted by atomic mass is 9.88. The molecule has 5 heteroatoms. The summed E-state index contributed by atoms with van der Waals surface area (Å²) in [5.41, 5.74) is 0.520. The summed E-state index contributed by atoms with van der Waals surface area (Å²) in [4.78, 5) is 26.4. The second-order valence-corrected chi connectivity index (χ2v) is 6.49. The molecule has 1 aromatic rings. The molecule has 3 rings (SSSR count). The maximum Gasteiger partial charge on any atom is 0.246 e. The van der Waals surface area contributed by atoms with Crippen LogP contribution in [0.15, 0.2) is 30.3 Å². The number of rotatable bonds is 2. The number of hydrogen-bond acceptors (Lipinski definition) is 3. The lowest BCUT2D eigenvalue weighted by Crippen LogP contribution is -2.52. The van der Waals surface area contributed by atoms with E-state index >= 15 is 0 Å². The number of amides is 2. The monoisotopic (exact) mass is 317 g/mol. The topological polar surface area (TPSA) is 58.6 Å². The fraction of sp³-hybridized carbons (Fsp3) is 0.556. The first kappa shape index (κ1) is 14.7. The number of nitrogens with zero attached hydrogens (tertiary/aromatic N) is 1. The standard InChI is InChI=1S/C18H24N2O3/c1-14(15-6-3-2-4-7-15)17(22)20-11-5-8-18(13-20)9-10-19-16(21)12-23-18/h2-4,6-7,14H,5,8-13H2,1H3,(H,19,21)/t14-,18-/m0/s1/i/hD. The lowest BCUT2D eigenvalue weighted by Gasteiger charge is -2.42. The first-order chi connectivity index (χ1) is 11.5. The minimum absolute atomic E-state index is 0.0697. The van der Waals surface area contributed by atoms with Crippen LogP contribution in [0.25, 0.3) is 0 Å². The predicted molar refractivity (Wildman–Crippen MR) is 87.0 cm³/mol. The fourth-order valence-electron chi connectivity index (χ4n) is 3.48. The van der Waals surface area contributed by atoms with Gasteiger partial charge in [-0.25, -0.2) is 0 Å². The molecule has 1 spiro atoms. The van der Waals surface area contributed by atoms with Crippen LogP contribution in [0.2, 0.25) is 1.41 Å². The van der Waals surface area contributed by atoms with Gasteiger partial charge in [0.2, 0.25) is 11.8 Å². The number of carbonyl (C=O) groups excluding carboxylic acids is 2. The molecular weight excluding hydrogens is 292 g/mol. The molecule has 0 unspecified atom stereocenters. The van der Waals surface area contributed by atoms with Crippen molar-refractivity contribution in [2.45, 2.75) is 37.7 Å².